The number of aromatic nitrogens is 2. The van der Waals surface area contributed by atoms with Gasteiger partial charge in [-0.2, -0.15) is 0 Å². The van der Waals surface area contributed by atoms with Crippen molar-refractivity contribution in [2.75, 3.05) is 11.5 Å². The van der Waals surface area contributed by atoms with E-state index in [1.165, 1.54) is 0 Å². The molecule has 0 aliphatic rings. The second kappa shape index (κ2) is 9.93. The fraction of sp³-hybridized carbons (Fsp3) is 0. The summed E-state index contributed by atoms with van der Waals surface area (Å²) in [6, 6.07) is 31.5. The first-order valence-corrected chi connectivity index (χ1v) is 11.2. The molecule has 0 fully saturated rings. The highest BCUT2D eigenvalue weighted by Crippen LogP contribution is 2.25. The van der Waals surface area contributed by atoms with Crippen LogP contribution < -0.4 is 11.5 Å². The maximum absolute atomic E-state index is 5.93. The average molecular weight is 457 g/mol. The maximum Gasteiger partial charge on any atom is 0.248 e. The monoisotopic (exact) mass is 456 g/mol. The van der Waals surface area contributed by atoms with Crippen molar-refractivity contribution in [3.05, 3.63) is 119 Å². The molecular formula is C30H24N4O. The summed E-state index contributed by atoms with van der Waals surface area (Å²) in [6.45, 7) is 0. The molecule has 1 heterocycles. The minimum atomic E-state index is 0.487. The van der Waals surface area contributed by atoms with Crippen molar-refractivity contribution < 1.29 is 4.42 Å². The van der Waals surface area contributed by atoms with Gasteiger partial charge < -0.3 is 15.9 Å². The van der Waals surface area contributed by atoms with Gasteiger partial charge in [0.1, 0.15) is 0 Å². The molecule has 170 valence electrons. The van der Waals surface area contributed by atoms with Gasteiger partial charge in [-0.25, -0.2) is 0 Å². The standard InChI is InChI=1S/C30H24N4O/c31-27-17-9-23(10-18-27)3-1-21-5-13-25(14-6-21)29-33-34-30(35-29)26-15-7-22(8-16-26)2-4-24-11-19-28(32)20-12-24/h1-20H,31-32H2/b3-1+,4-2+. The highest BCUT2D eigenvalue weighted by molar-refractivity contribution is 5.73. The molecule has 0 atom stereocenters. The molecule has 35 heavy (non-hydrogen) atoms. The molecule has 0 radical (unpaired) electrons. The Balaban J connectivity index is 1.25. The molecule has 5 rings (SSSR count). The van der Waals surface area contributed by atoms with Gasteiger partial charge in [0, 0.05) is 22.5 Å². The lowest BCUT2D eigenvalue weighted by atomic mass is 10.1. The van der Waals surface area contributed by atoms with Crippen molar-refractivity contribution in [2.24, 2.45) is 0 Å². The number of anilines is 2. The Kier molecular flexibility index (Phi) is 6.22. The Bertz CT molecular complexity index is 1350. The summed E-state index contributed by atoms with van der Waals surface area (Å²) in [5, 5.41) is 8.46. The van der Waals surface area contributed by atoms with E-state index in [0.717, 1.165) is 44.8 Å². The largest absolute Gasteiger partial charge is 0.416 e. The van der Waals surface area contributed by atoms with Crippen molar-refractivity contribution in [3.8, 4) is 22.9 Å². The number of benzene rings is 4. The molecule has 0 amide bonds. The van der Waals surface area contributed by atoms with Crippen LogP contribution in [0, 0.1) is 0 Å². The smallest absolute Gasteiger partial charge is 0.248 e. The van der Waals surface area contributed by atoms with E-state index in [-0.39, 0.29) is 0 Å². The second-order valence-corrected chi connectivity index (χ2v) is 8.16. The molecule has 1 aromatic heterocycles. The molecule has 5 aromatic rings. The summed E-state index contributed by atoms with van der Waals surface area (Å²) in [5.41, 5.74) is 19.1. The number of rotatable bonds is 6. The summed E-state index contributed by atoms with van der Waals surface area (Å²) >= 11 is 0. The third-order valence-corrected chi connectivity index (χ3v) is 5.55. The Labute approximate surface area is 204 Å². The van der Waals surface area contributed by atoms with Crippen LogP contribution in [0.1, 0.15) is 22.3 Å². The summed E-state index contributed by atoms with van der Waals surface area (Å²) in [6.07, 6.45) is 8.21. The molecule has 0 aliphatic heterocycles. The van der Waals surface area contributed by atoms with Gasteiger partial charge in [-0.05, 0) is 70.8 Å². The maximum atomic E-state index is 5.93. The van der Waals surface area contributed by atoms with Gasteiger partial charge in [0.05, 0.1) is 0 Å². The topological polar surface area (TPSA) is 91.0 Å². The van der Waals surface area contributed by atoms with E-state index in [2.05, 4.69) is 22.3 Å². The molecular weight excluding hydrogens is 432 g/mol. The summed E-state index contributed by atoms with van der Waals surface area (Å²) in [4.78, 5) is 0. The zero-order valence-electron chi connectivity index (χ0n) is 19.0. The molecule has 5 nitrogen and oxygen atoms in total. The first-order chi connectivity index (χ1) is 17.1. The van der Waals surface area contributed by atoms with Crippen molar-refractivity contribution >= 4 is 35.7 Å². The van der Waals surface area contributed by atoms with E-state index >= 15 is 0 Å². The van der Waals surface area contributed by atoms with Crippen LogP contribution in [0.5, 0.6) is 0 Å². The molecule has 0 bridgehead atoms. The van der Waals surface area contributed by atoms with Gasteiger partial charge in [-0.15, -0.1) is 10.2 Å². The predicted molar refractivity (Wildman–Crippen MR) is 145 cm³/mol. The third-order valence-electron chi connectivity index (χ3n) is 5.55. The molecule has 0 saturated heterocycles. The van der Waals surface area contributed by atoms with Crippen molar-refractivity contribution in [3.63, 3.8) is 0 Å². The molecule has 0 aliphatic carbocycles. The van der Waals surface area contributed by atoms with Crippen LogP contribution in [0.15, 0.2) is 101 Å². The normalized spacial score (nSPS) is 11.4. The average Bonchev–Trinajstić information content (AvgIpc) is 3.39. The molecule has 0 unspecified atom stereocenters. The number of hydrogen-bond donors (Lipinski definition) is 2. The van der Waals surface area contributed by atoms with Crippen LogP contribution in [0.25, 0.3) is 47.2 Å². The highest BCUT2D eigenvalue weighted by Gasteiger charge is 2.10. The highest BCUT2D eigenvalue weighted by atomic mass is 16.4. The van der Waals surface area contributed by atoms with Gasteiger partial charge in [0.25, 0.3) is 0 Å². The second-order valence-electron chi connectivity index (χ2n) is 8.16. The van der Waals surface area contributed by atoms with Crippen LogP contribution in [-0.4, -0.2) is 10.2 Å². The van der Waals surface area contributed by atoms with E-state index < -0.39 is 0 Å². The summed E-state index contributed by atoms with van der Waals surface area (Å²) < 4.78 is 5.93. The predicted octanol–water partition coefficient (Wildman–Crippen LogP) is 6.91. The number of nitrogens with zero attached hydrogens (tertiary/aromatic N) is 2. The number of nitrogen functional groups attached to an aromatic ring is 2. The molecule has 5 heteroatoms. The van der Waals surface area contributed by atoms with E-state index in [1.54, 1.807) is 0 Å². The lowest BCUT2D eigenvalue weighted by molar-refractivity contribution is 0.584. The van der Waals surface area contributed by atoms with Gasteiger partial charge in [0.15, 0.2) is 0 Å². The molecule has 4 N–H and O–H groups in total. The third kappa shape index (κ3) is 5.54. The van der Waals surface area contributed by atoms with E-state index in [0.29, 0.717) is 11.8 Å². The van der Waals surface area contributed by atoms with Crippen molar-refractivity contribution in [1.82, 2.24) is 10.2 Å². The van der Waals surface area contributed by atoms with Crippen LogP contribution in [0.2, 0.25) is 0 Å². The van der Waals surface area contributed by atoms with Gasteiger partial charge >= 0.3 is 0 Å². The van der Waals surface area contributed by atoms with Gasteiger partial charge in [-0.1, -0.05) is 72.8 Å². The quantitative estimate of drug-likeness (QED) is 0.214. The Morgan fingerprint density at radius 3 is 1.03 bits per heavy atom. The van der Waals surface area contributed by atoms with Gasteiger partial charge in [-0.3, -0.25) is 0 Å². The van der Waals surface area contributed by atoms with E-state index in [4.69, 9.17) is 15.9 Å². The van der Waals surface area contributed by atoms with Crippen molar-refractivity contribution in [1.29, 1.82) is 0 Å². The minimum Gasteiger partial charge on any atom is -0.416 e. The Morgan fingerprint density at radius 2 is 0.714 bits per heavy atom. The van der Waals surface area contributed by atoms with Crippen LogP contribution in [0.4, 0.5) is 11.4 Å². The Morgan fingerprint density at radius 1 is 0.429 bits per heavy atom. The molecule has 0 spiro atoms. The fourth-order valence-corrected chi connectivity index (χ4v) is 3.53. The van der Waals surface area contributed by atoms with Crippen LogP contribution in [0.3, 0.4) is 0 Å². The zero-order chi connectivity index (χ0) is 24.0. The first kappa shape index (κ1) is 21.9. The first-order valence-electron chi connectivity index (χ1n) is 11.2. The summed E-state index contributed by atoms with van der Waals surface area (Å²) in [5.74, 6) is 0.975. The Hall–Kier alpha value is -4.90. The lowest BCUT2D eigenvalue weighted by Gasteiger charge is -1.99. The van der Waals surface area contributed by atoms with Crippen molar-refractivity contribution in [2.45, 2.75) is 0 Å². The molecule has 4 aromatic carbocycles. The fourth-order valence-electron chi connectivity index (χ4n) is 3.53. The summed E-state index contributed by atoms with van der Waals surface area (Å²) in [7, 11) is 0. The molecule has 0 saturated carbocycles. The zero-order valence-corrected chi connectivity index (χ0v) is 19.0. The van der Waals surface area contributed by atoms with Crippen LogP contribution >= 0.6 is 0 Å². The van der Waals surface area contributed by atoms with Crippen LogP contribution in [-0.2, 0) is 0 Å². The minimum absolute atomic E-state index is 0.487. The number of nitrogens with two attached hydrogens (primary N) is 2. The van der Waals surface area contributed by atoms with E-state index in [1.807, 2.05) is 109 Å². The van der Waals surface area contributed by atoms with E-state index in [9.17, 15) is 0 Å². The number of hydrogen-bond acceptors (Lipinski definition) is 5. The van der Waals surface area contributed by atoms with Gasteiger partial charge in [0.2, 0.25) is 11.8 Å². The SMILES string of the molecule is Nc1ccc(/C=C/c2ccc(-c3nnc(-c4ccc(/C=C/c5ccc(N)cc5)cc4)o3)cc2)cc1. The lowest BCUT2D eigenvalue weighted by Crippen LogP contribution is -1.82.